The van der Waals surface area contributed by atoms with Crippen molar-refractivity contribution in [2.75, 3.05) is 6.61 Å². The third kappa shape index (κ3) is 6.04. The van der Waals surface area contributed by atoms with Gasteiger partial charge in [0.25, 0.3) is 0 Å². The number of halogens is 2. The molecule has 1 saturated carbocycles. The SMILES string of the molecule is CC(C)[C@H](NC(=O)C[C@@H]1CCC(=O)N1Cc1cccc(F)c1F)C(=O)OCC1CCCC1. The molecule has 2 fully saturated rings. The van der Waals surface area contributed by atoms with Crippen molar-refractivity contribution in [1.82, 2.24) is 10.2 Å². The van der Waals surface area contributed by atoms with Crippen LogP contribution in [0.4, 0.5) is 8.78 Å². The number of likely N-dealkylation sites (tertiary alicyclic amines) is 1. The molecule has 0 radical (unpaired) electrons. The number of hydrogen-bond acceptors (Lipinski definition) is 4. The maximum atomic E-state index is 14.1. The third-order valence-electron chi connectivity index (χ3n) is 6.42. The molecule has 0 unspecified atom stereocenters. The maximum absolute atomic E-state index is 14.1. The van der Waals surface area contributed by atoms with Crippen molar-refractivity contribution in [3.63, 3.8) is 0 Å². The summed E-state index contributed by atoms with van der Waals surface area (Å²) in [6.07, 6.45) is 5.10. The minimum atomic E-state index is -0.986. The molecule has 0 aromatic heterocycles. The number of nitrogens with zero attached hydrogens (tertiary/aromatic N) is 1. The summed E-state index contributed by atoms with van der Waals surface area (Å²) in [6, 6.07) is 2.63. The van der Waals surface area contributed by atoms with E-state index >= 15 is 0 Å². The molecule has 8 heteroatoms. The molecule has 3 rings (SSSR count). The second kappa shape index (κ2) is 10.9. The molecule has 2 aliphatic rings. The highest BCUT2D eigenvalue weighted by Gasteiger charge is 2.34. The molecule has 1 aromatic carbocycles. The van der Waals surface area contributed by atoms with Gasteiger partial charge in [-0.2, -0.15) is 0 Å². The Bertz CT molecular complexity index is 839. The minimum Gasteiger partial charge on any atom is -0.464 e. The van der Waals surface area contributed by atoms with Crippen LogP contribution in [0.2, 0.25) is 0 Å². The molecule has 1 aliphatic carbocycles. The van der Waals surface area contributed by atoms with Crippen LogP contribution in [-0.2, 0) is 25.7 Å². The first-order valence-corrected chi connectivity index (χ1v) is 11.4. The second-order valence-corrected chi connectivity index (χ2v) is 9.20. The highest BCUT2D eigenvalue weighted by Crippen LogP contribution is 2.26. The van der Waals surface area contributed by atoms with E-state index in [0.717, 1.165) is 31.7 Å². The van der Waals surface area contributed by atoms with Gasteiger partial charge < -0.3 is 15.0 Å². The van der Waals surface area contributed by atoms with Gasteiger partial charge >= 0.3 is 5.97 Å². The van der Waals surface area contributed by atoms with Crippen molar-refractivity contribution in [3.05, 3.63) is 35.4 Å². The molecular formula is C24H32F2N2O4. The molecule has 1 N–H and O–H groups in total. The molecule has 1 aliphatic heterocycles. The molecule has 1 aromatic rings. The van der Waals surface area contributed by atoms with Gasteiger partial charge in [-0.1, -0.05) is 38.8 Å². The lowest BCUT2D eigenvalue weighted by molar-refractivity contribution is -0.150. The van der Waals surface area contributed by atoms with Crippen LogP contribution in [0.5, 0.6) is 0 Å². The van der Waals surface area contributed by atoms with Crippen LogP contribution in [0.15, 0.2) is 18.2 Å². The summed E-state index contributed by atoms with van der Waals surface area (Å²) in [6.45, 7) is 3.94. The summed E-state index contributed by atoms with van der Waals surface area (Å²) in [5.41, 5.74) is 0.0706. The van der Waals surface area contributed by atoms with Gasteiger partial charge in [0.2, 0.25) is 11.8 Å². The van der Waals surface area contributed by atoms with Crippen LogP contribution in [-0.4, -0.2) is 41.4 Å². The number of amides is 2. The van der Waals surface area contributed by atoms with E-state index in [4.69, 9.17) is 4.74 Å². The standard InChI is InChI=1S/C24H32F2N2O4/c1-15(2)23(24(31)32-14-16-6-3-4-7-16)27-20(29)12-18-10-11-21(30)28(18)13-17-8-5-9-19(25)22(17)26/h5,8-9,15-16,18,23H,3-4,6-7,10-14H2,1-2H3,(H,27,29)/t18-,23-/m0/s1. The Labute approximate surface area is 187 Å². The first-order chi connectivity index (χ1) is 15.3. The fourth-order valence-electron chi connectivity index (χ4n) is 4.49. The van der Waals surface area contributed by atoms with Gasteiger partial charge in [-0.15, -0.1) is 0 Å². The summed E-state index contributed by atoms with van der Waals surface area (Å²) in [5.74, 6) is -2.74. The molecule has 1 saturated heterocycles. The van der Waals surface area contributed by atoms with E-state index in [1.807, 2.05) is 13.8 Å². The average Bonchev–Trinajstić information content (AvgIpc) is 3.38. The first-order valence-electron chi connectivity index (χ1n) is 11.4. The summed E-state index contributed by atoms with van der Waals surface area (Å²) < 4.78 is 33.1. The molecule has 1 heterocycles. The number of esters is 1. The van der Waals surface area contributed by atoms with E-state index in [9.17, 15) is 23.2 Å². The number of benzene rings is 1. The van der Waals surface area contributed by atoms with E-state index in [0.29, 0.717) is 18.9 Å². The van der Waals surface area contributed by atoms with Crippen LogP contribution in [0.3, 0.4) is 0 Å². The van der Waals surface area contributed by atoms with Crippen molar-refractivity contribution in [1.29, 1.82) is 0 Å². The number of rotatable bonds is 9. The molecule has 0 bridgehead atoms. The van der Waals surface area contributed by atoms with Gasteiger partial charge in [-0.05, 0) is 37.2 Å². The van der Waals surface area contributed by atoms with E-state index in [2.05, 4.69) is 5.32 Å². The van der Waals surface area contributed by atoms with Crippen LogP contribution in [0.25, 0.3) is 0 Å². The highest BCUT2D eigenvalue weighted by molar-refractivity contribution is 5.86. The normalized spacial score (nSPS) is 20.1. The molecule has 0 spiro atoms. The van der Waals surface area contributed by atoms with E-state index in [-0.39, 0.29) is 42.7 Å². The number of carbonyl (C=O) groups excluding carboxylic acids is 3. The Balaban J connectivity index is 1.57. The van der Waals surface area contributed by atoms with Gasteiger partial charge in [0.1, 0.15) is 6.04 Å². The zero-order chi connectivity index (χ0) is 23.3. The fraction of sp³-hybridized carbons (Fsp3) is 0.625. The predicted molar refractivity (Wildman–Crippen MR) is 114 cm³/mol. The first kappa shape index (κ1) is 24.1. The molecule has 176 valence electrons. The summed E-state index contributed by atoms with van der Waals surface area (Å²) in [7, 11) is 0. The summed E-state index contributed by atoms with van der Waals surface area (Å²) in [5, 5.41) is 2.75. The minimum absolute atomic E-state index is 0.0121. The van der Waals surface area contributed by atoms with Gasteiger partial charge in [0.05, 0.1) is 6.61 Å². The van der Waals surface area contributed by atoms with Gasteiger partial charge in [0, 0.05) is 31.0 Å². The Morgan fingerprint density at radius 3 is 2.59 bits per heavy atom. The van der Waals surface area contributed by atoms with Crippen LogP contribution in [0.1, 0.15) is 64.4 Å². The molecular weight excluding hydrogens is 418 g/mol. The van der Waals surface area contributed by atoms with Gasteiger partial charge in [-0.3, -0.25) is 9.59 Å². The zero-order valence-electron chi connectivity index (χ0n) is 18.7. The molecule has 32 heavy (non-hydrogen) atoms. The lowest BCUT2D eigenvalue weighted by Crippen LogP contribution is -2.47. The topological polar surface area (TPSA) is 75.7 Å². The Hall–Kier alpha value is -2.51. The van der Waals surface area contributed by atoms with Crippen molar-refractivity contribution in [2.24, 2.45) is 11.8 Å². The lowest BCUT2D eigenvalue weighted by Gasteiger charge is -2.26. The summed E-state index contributed by atoms with van der Waals surface area (Å²) in [4.78, 5) is 39.0. The number of carbonyl (C=O) groups is 3. The molecule has 2 atom stereocenters. The molecule has 2 amide bonds. The predicted octanol–water partition coefficient (Wildman–Crippen LogP) is 3.72. The quantitative estimate of drug-likeness (QED) is 0.582. The molecule has 6 nitrogen and oxygen atoms in total. The van der Waals surface area contributed by atoms with E-state index in [1.165, 1.54) is 17.0 Å². The average molecular weight is 451 g/mol. The monoisotopic (exact) mass is 450 g/mol. The van der Waals surface area contributed by atoms with E-state index < -0.39 is 29.7 Å². The van der Waals surface area contributed by atoms with Crippen molar-refractivity contribution >= 4 is 17.8 Å². The second-order valence-electron chi connectivity index (χ2n) is 9.20. The summed E-state index contributed by atoms with van der Waals surface area (Å²) >= 11 is 0. The third-order valence-corrected chi connectivity index (χ3v) is 6.42. The Morgan fingerprint density at radius 1 is 1.19 bits per heavy atom. The van der Waals surface area contributed by atoms with Crippen molar-refractivity contribution in [3.8, 4) is 0 Å². The largest absolute Gasteiger partial charge is 0.464 e. The smallest absolute Gasteiger partial charge is 0.328 e. The van der Waals surface area contributed by atoms with Crippen LogP contribution in [0, 0.1) is 23.5 Å². The highest BCUT2D eigenvalue weighted by atomic mass is 19.2. The maximum Gasteiger partial charge on any atom is 0.328 e. The van der Waals surface area contributed by atoms with Crippen LogP contribution < -0.4 is 5.32 Å². The van der Waals surface area contributed by atoms with Crippen LogP contribution >= 0.6 is 0 Å². The van der Waals surface area contributed by atoms with Gasteiger partial charge in [-0.25, -0.2) is 13.6 Å². The number of ether oxygens (including phenoxy) is 1. The van der Waals surface area contributed by atoms with E-state index in [1.54, 1.807) is 0 Å². The lowest BCUT2D eigenvalue weighted by atomic mass is 10.0. The van der Waals surface area contributed by atoms with Gasteiger partial charge in [0.15, 0.2) is 11.6 Å². The zero-order valence-corrected chi connectivity index (χ0v) is 18.7. The Morgan fingerprint density at radius 2 is 1.91 bits per heavy atom. The Kier molecular flexibility index (Phi) is 8.21. The fourth-order valence-corrected chi connectivity index (χ4v) is 4.49. The van der Waals surface area contributed by atoms with Crippen molar-refractivity contribution < 1.29 is 27.9 Å². The van der Waals surface area contributed by atoms with Crippen molar-refractivity contribution in [2.45, 2.75) is 77.4 Å². The number of nitrogens with one attached hydrogen (secondary N) is 1. The number of hydrogen-bond donors (Lipinski definition) is 1.